The van der Waals surface area contributed by atoms with E-state index in [9.17, 15) is 0 Å². The summed E-state index contributed by atoms with van der Waals surface area (Å²) in [5, 5.41) is 3.35. The minimum absolute atomic E-state index is 0.736. The first-order valence-corrected chi connectivity index (χ1v) is 6.14. The van der Waals surface area contributed by atoms with Crippen LogP contribution in [0.3, 0.4) is 0 Å². The van der Waals surface area contributed by atoms with E-state index in [1.54, 1.807) is 20.4 Å². The molecule has 2 aromatic rings. The van der Waals surface area contributed by atoms with Crippen molar-refractivity contribution in [1.82, 2.24) is 10.3 Å². The van der Waals surface area contributed by atoms with Crippen LogP contribution in [0.4, 0.5) is 0 Å². The molecular formula is C15H18N2O2. The molecule has 0 aliphatic carbocycles. The Morgan fingerprint density at radius 1 is 1.00 bits per heavy atom. The Labute approximate surface area is 113 Å². The van der Waals surface area contributed by atoms with E-state index in [1.807, 2.05) is 36.4 Å². The molecular weight excluding hydrogens is 240 g/mol. The van der Waals surface area contributed by atoms with Crippen LogP contribution in [-0.2, 0) is 13.1 Å². The van der Waals surface area contributed by atoms with Gasteiger partial charge in [0.1, 0.15) is 11.5 Å². The Morgan fingerprint density at radius 2 is 1.74 bits per heavy atom. The molecule has 0 saturated carbocycles. The Kier molecular flexibility index (Phi) is 4.75. The van der Waals surface area contributed by atoms with Crippen LogP contribution in [0.2, 0.25) is 0 Å². The Balaban J connectivity index is 1.95. The SMILES string of the molecule is COc1cc(CNCc2ccccn2)cc(OC)c1. The van der Waals surface area contributed by atoms with Crippen molar-refractivity contribution < 1.29 is 9.47 Å². The number of nitrogens with zero attached hydrogens (tertiary/aromatic N) is 1. The van der Waals surface area contributed by atoms with Crippen LogP contribution in [-0.4, -0.2) is 19.2 Å². The first kappa shape index (κ1) is 13.4. The van der Waals surface area contributed by atoms with E-state index in [0.29, 0.717) is 0 Å². The molecule has 2 rings (SSSR count). The number of ether oxygens (including phenoxy) is 2. The quantitative estimate of drug-likeness (QED) is 0.864. The molecule has 0 fully saturated rings. The first-order chi connectivity index (χ1) is 9.31. The molecule has 1 heterocycles. The van der Waals surface area contributed by atoms with Crippen molar-refractivity contribution in [3.8, 4) is 11.5 Å². The van der Waals surface area contributed by atoms with E-state index in [0.717, 1.165) is 35.8 Å². The molecule has 0 amide bonds. The smallest absolute Gasteiger partial charge is 0.122 e. The summed E-state index contributed by atoms with van der Waals surface area (Å²) in [7, 11) is 3.31. The van der Waals surface area contributed by atoms with Gasteiger partial charge in [0.25, 0.3) is 0 Å². The third kappa shape index (κ3) is 3.96. The van der Waals surface area contributed by atoms with Gasteiger partial charge in [-0.1, -0.05) is 6.07 Å². The Bertz CT molecular complexity index is 493. The van der Waals surface area contributed by atoms with Crippen molar-refractivity contribution in [1.29, 1.82) is 0 Å². The molecule has 0 radical (unpaired) electrons. The lowest BCUT2D eigenvalue weighted by Gasteiger charge is -2.09. The van der Waals surface area contributed by atoms with Crippen LogP contribution in [0.1, 0.15) is 11.3 Å². The highest BCUT2D eigenvalue weighted by molar-refractivity contribution is 5.38. The molecule has 0 aliphatic rings. The van der Waals surface area contributed by atoms with Gasteiger partial charge in [0, 0.05) is 25.4 Å². The molecule has 1 aromatic carbocycles. The standard InChI is InChI=1S/C15H18N2O2/c1-18-14-7-12(8-15(9-14)19-2)10-16-11-13-5-3-4-6-17-13/h3-9,16H,10-11H2,1-2H3. The molecule has 0 saturated heterocycles. The zero-order chi connectivity index (χ0) is 13.5. The number of nitrogens with one attached hydrogen (secondary N) is 1. The fourth-order valence-corrected chi connectivity index (χ4v) is 1.81. The molecule has 1 N–H and O–H groups in total. The van der Waals surface area contributed by atoms with E-state index in [4.69, 9.17) is 9.47 Å². The maximum absolute atomic E-state index is 5.24. The van der Waals surface area contributed by atoms with Gasteiger partial charge in [-0.2, -0.15) is 0 Å². The van der Waals surface area contributed by atoms with Gasteiger partial charge < -0.3 is 14.8 Å². The summed E-state index contributed by atoms with van der Waals surface area (Å²) in [6, 6.07) is 11.7. The first-order valence-electron chi connectivity index (χ1n) is 6.14. The maximum Gasteiger partial charge on any atom is 0.122 e. The van der Waals surface area contributed by atoms with Gasteiger partial charge in [-0.3, -0.25) is 4.98 Å². The topological polar surface area (TPSA) is 43.4 Å². The van der Waals surface area contributed by atoms with Crippen LogP contribution < -0.4 is 14.8 Å². The van der Waals surface area contributed by atoms with Gasteiger partial charge in [0.2, 0.25) is 0 Å². The number of rotatable bonds is 6. The average molecular weight is 258 g/mol. The molecule has 0 unspecified atom stereocenters. The highest BCUT2D eigenvalue weighted by atomic mass is 16.5. The van der Waals surface area contributed by atoms with Crippen molar-refractivity contribution in [3.63, 3.8) is 0 Å². The fraction of sp³-hybridized carbons (Fsp3) is 0.267. The lowest BCUT2D eigenvalue weighted by molar-refractivity contribution is 0.393. The number of benzene rings is 1. The van der Waals surface area contributed by atoms with Gasteiger partial charge in [-0.15, -0.1) is 0 Å². The Hall–Kier alpha value is -2.07. The lowest BCUT2D eigenvalue weighted by Crippen LogP contribution is -2.13. The summed E-state index contributed by atoms with van der Waals surface area (Å²) in [6.07, 6.45) is 1.80. The van der Waals surface area contributed by atoms with Crippen LogP contribution in [0.25, 0.3) is 0 Å². The van der Waals surface area contributed by atoms with Crippen molar-refractivity contribution in [2.24, 2.45) is 0 Å². The third-order valence-electron chi connectivity index (χ3n) is 2.77. The zero-order valence-corrected chi connectivity index (χ0v) is 11.2. The lowest BCUT2D eigenvalue weighted by atomic mass is 10.2. The number of hydrogen-bond donors (Lipinski definition) is 1. The van der Waals surface area contributed by atoms with Crippen LogP contribution in [0, 0.1) is 0 Å². The largest absolute Gasteiger partial charge is 0.497 e. The predicted octanol–water partition coefficient (Wildman–Crippen LogP) is 2.39. The van der Waals surface area contributed by atoms with Gasteiger partial charge in [0.05, 0.1) is 19.9 Å². The second-order valence-corrected chi connectivity index (χ2v) is 4.15. The molecule has 0 spiro atoms. The maximum atomic E-state index is 5.24. The van der Waals surface area contributed by atoms with Gasteiger partial charge in [-0.25, -0.2) is 0 Å². The monoisotopic (exact) mass is 258 g/mol. The summed E-state index contributed by atoms with van der Waals surface area (Å²) < 4.78 is 10.5. The van der Waals surface area contributed by atoms with Crippen molar-refractivity contribution in [2.45, 2.75) is 13.1 Å². The highest BCUT2D eigenvalue weighted by Crippen LogP contribution is 2.22. The molecule has 4 nitrogen and oxygen atoms in total. The minimum atomic E-state index is 0.736. The molecule has 0 atom stereocenters. The van der Waals surface area contributed by atoms with Gasteiger partial charge in [0.15, 0.2) is 0 Å². The van der Waals surface area contributed by atoms with E-state index in [-0.39, 0.29) is 0 Å². The molecule has 4 heteroatoms. The fourth-order valence-electron chi connectivity index (χ4n) is 1.81. The van der Waals surface area contributed by atoms with Crippen molar-refractivity contribution in [3.05, 3.63) is 53.9 Å². The van der Waals surface area contributed by atoms with Crippen LogP contribution >= 0.6 is 0 Å². The third-order valence-corrected chi connectivity index (χ3v) is 2.77. The summed E-state index contributed by atoms with van der Waals surface area (Å²) in [4.78, 5) is 4.27. The van der Waals surface area contributed by atoms with E-state index < -0.39 is 0 Å². The summed E-state index contributed by atoms with van der Waals surface area (Å²) in [5.74, 6) is 1.60. The highest BCUT2D eigenvalue weighted by Gasteiger charge is 2.02. The van der Waals surface area contributed by atoms with Crippen LogP contribution in [0.15, 0.2) is 42.6 Å². The zero-order valence-electron chi connectivity index (χ0n) is 11.2. The summed E-state index contributed by atoms with van der Waals surface area (Å²) in [5.41, 5.74) is 2.14. The summed E-state index contributed by atoms with van der Waals surface area (Å²) in [6.45, 7) is 1.48. The number of aromatic nitrogens is 1. The van der Waals surface area contributed by atoms with E-state index in [1.165, 1.54) is 0 Å². The van der Waals surface area contributed by atoms with E-state index in [2.05, 4.69) is 10.3 Å². The normalized spacial score (nSPS) is 10.2. The van der Waals surface area contributed by atoms with Crippen LogP contribution in [0.5, 0.6) is 11.5 Å². The molecule has 100 valence electrons. The predicted molar refractivity (Wildman–Crippen MR) is 74.3 cm³/mol. The van der Waals surface area contributed by atoms with Gasteiger partial charge in [-0.05, 0) is 29.8 Å². The minimum Gasteiger partial charge on any atom is -0.497 e. The summed E-state index contributed by atoms with van der Waals surface area (Å²) >= 11 is 0. The van der Waals surface area contributed by atoms with Crippen molar-refractivity contribution in [2.75, 3.05) is 14.2 Å². The average Bonchev–Trinajstić information content (AvgIpc) is 2.48. The Morgan fingerprint density at radius 3 is 2.32 bits per heavy atom. The number of methoxy groups -OCH3 is 2. The van der Waals surface area contributed by atoms with Crippen molar-refractivity contribution >= 4 is 0 Å². The number of hydrogen-bond acceptors (Lipinski definition) is 4. The second-order valence-electron chi connectivity index (χ2n) is 4.15. The second kappa shape index (κ2) is 6.75. The van der Waals surface area contributed by atoms with Gasteiger partial charge >= 0.3 is 0 Å². The molecule has 19 heavy (non-hydrogen) atoms. The van der Waals surface area contributed by atoms with E-state index >= 15 is 0 Å². The molecule has 1 aromatic heterocycles. The molecule has 0 bridgehead atoms. The number of pyridine rings is 1. The molecule has 0 aliphatic heterocycles.